The van der Waals surface area contributed by atoms with Crippen LogP contribution in [-0.4, -0.2) is 33.6 Å². The Labute approximate surface area is 194 Å². The zero-order valence-corrected chi connectivity index (χ0v) is 18.8. The first-order valence-electron chi connectivity index (χ1n) is 10.8. The highest BCUT2D eigenvalue weighted by Gasteiger charge is 2.42. The molecule has 3 amide bonds. The van der Waals surface area contributed by atoms with Crippen LogP contribution in [0.3, 0.4) is 0 Å². The molecule has 0 spiro atoms. The molecule has 33 heavy (non-hydrogen) atoms. The Hall–Kier alpha value is -3.84. The number of aromatic nitrogens is 1. The molecule has 1 N–H and O–H groups in total. The summed E-state index contributed by atoms with van der Waals surface area (Å²) in [5.74, 6) is -1.35. The minimum Gasteiger partial charge on any atom is -0.300 e. The Kier molecular flexibility index (Phi) is 5.48. The number of nitrogens with zero attached hydrogens (tertiary/aromatic N) is 2. The summed E-state index contributed by atoms with van der Waals surface area (Å²) in [4.78, 5) is 45.3. The molecule has 4 aromatic rings. The van der Waals surface area contributed by atoms with Crippen LogP contribution in [-0.2, 0) is 17.6 Å². The predicted molar refractivity (Wildman–Crippen MR) is 129 cm³/mol. The standard InChI is InChI=1S/C26H21N3O3S/c1-2-16-12-13-20-22(15-16)33-26(27-20)28-23(30)21(14-17-8-4-3-5-9-17)29-24(31)18-10-6-7-11-19(18)25(29)32/h3-13,15,21H,2,14H2,1H3,(H,27,28,30). The molecule has 1 atom stereocenters. The van der Waals surface area contributed by atoms with E-state index in [-0.39, 0.29) is 6.42 Å². The maximum Gasteiger partial charge on any atom is 0.262 e. The van der Waals surface area contributed by atoms with E-state index in [4.69, 9.17) is 0 Å². The van der Waals surface area contributed by atoms with Crippen molar-refractivity contribution < 1.29 is 14.4 Å². The average molecular weight is 456 g/mol. The highest BCUT2D eigenvalue weighted by molar-refractivity contribution is 7.22. The van der Waals surface area contributed by atoms with Gasteiger partial charge in [0.15, 0.2) is 5.13 Å². The number of fused-ring (bicyclic) bond motifs is 2. The number of nitrogens with one attached hydrogen (secondary N) is 1. The van der Waals surface area contributed by atoms with Crippen molar-refractivity contribution in [3.05, 3.63) is 95.1 Å². The van der Waals surface area contributed by atoms with E-state index in [1.807, 2.05) is 42.5 Å². The summed E-state index contributed by atoms with van der Waals surface area (Å²) in [7, 11) is 0. The van der Waals surface area contributed by atoms with E-state index in [1.165, 1.54) is 16.9 Å². The summed E-state index contributed by atoms with van der Waals surface area (Å²) in [5, 5.41) is 3.30. The molecule has 0 saturated carbocycles. The summed E-state index contributed by atoms with van der Waals surface area (Å²) < 4.78 is 0.977. The first-order valence-corrected chi connectivity index (χ1v) is 11.6. The summed E-state index contributed by atoms with van der Waals surface area (Å²) in [6.45, 7) is 2.08. The van der Waals surface area contributed by atoms with Crippen molar-refractivity contribution in [2.24, 2.45) is 0 Å². The molecular formula is C26H21N3O3S. The third kappa shape index (κ3) is 3.91. The fourth-order valence-electron chi connectivity index (χ4n) is 4.06. The van der Waals surface area contributed by atoms with Crippen molar-refractivity contribution in [1.29, 1.82) is 0 Å². The molecule has 0 radical (unpaired) electrons. The van der Waals surface area contributed by atoms with Crippen molar-refractivity contribution in [3.8, 4) is 0 Å². The number of carbonyl (C=O) groups excluding carboxylic acids is 3. The molecule has 0 fully saturated rings. The first kappa shape index (κ1) is 21.0. The van der Waals surface area contributed by atoms with Crippen LogP contribution in [0.5, 0.6) is 0 Å². The van der Waals surface area contributed by atoms with Gasteiger partial charge >= 0.3 is 0 Å². The largest absolute Gasteiger partial charge is 0.300 e. The van der Waals surface area contributed by atoms with E-state index in [0.29, 0.717) is 16.3 Å². The summed E-state index contributed by atoms with van der Waals surface area (Å²) >= 11 is 1.38. The number of amides is 3. The highest BCUT2D eigenvalue weighted by Crippen LogP contribution is 2.29. The third-order valence-electron chi connectivity index (χ3n) is 5.80. The smallest absolute Gasteiger partial charge is 0.262 e. The van der Waals surface area contributed by atoms with E-state index in [0.717, 1.165) is 27.1 Å². The molecule has 7 heteroatoms. The lowest BCUT2D eigenvalue weighted by atomic mass is 10.0. The number of aryl methyl sites for hydroxylation is 1. The fourth-order valence-corrected chi connectivity index (χ4v) is 4.99. The van der Waals surface area contributed by atoms with Gasteiger partial charge in [0, 0.05) is 6.42 Å². The van der Waals surface area contributed by atoms with Gasteiger partial charge in [0.05, 0.1) is 21.3 Å². The second-order valence-electron chi connectivity index (χ2n) is 7.90. The minimum atomic E-state index is -1.00. The fraction of sp³-hybridized carbons (Fsp3) is 0.154. The van der Waals surface area contributed by atoms with Gasteiger partial charge in [-0.2, -0.15) is 0 Å². The van der Waals surface area contributed by atoms with E-state index < -0.39 is 23.8 Å². The summed E-state index contributed by atoms with van der Waals surface area (Å²) in [5.41, 5.74) is 3.48. The Morgan fingerprint density at radius 2 is 1.61 bits per heavy atom. The first-order chi connectivity index (χ1) is 16.0. The van der Waals surface area contributed by atoms with Gasteiger partial charge in [-0.15, -0.1) is 0 Å². The topological polar surface area (TPSA) is 79.4 Å². The van der Waals surface area contributed by atoms with Crippen molar-refractivity contribution >= 4 is 44.4 Å². The lowest BCUT2D eigenvalue weighted by Crippen LogP contribution is -2.48. The van der Waals surface area contributed by atoms with Crippen LogP contribution in [0, 0.1) is 0 Å². The zero-order chi connectivity index (χ0) is 22.9. The number of benzene rings is 3. The van der Waals surface area contributed by atoms with Crippen LogP contribution in [0.1, 0.15) is 38.8 Å². The molecule has 1 unspecified atom stereocenters. The Morgan fingerprint density at radius 3 is 2.27 bits per heavy atom. The number of imide groups is 1. The average Bonchev–Trinajstić information content (AvgIpc) is 3.35. The van der Waals surface area contributed by atoms with Gasteiger partial charge in [-0.05, 0) is 41.8 Å². The van der Waals surface area contributed by atoms with E-state index in [9.17, 15) is 14.4 Å². The van der Waals surface area contributed by atoms with Gasteiger partial charge in [0.1, 0.15) is 6.04 Å². The molecule has 0 saturated heterocycles. The monoisotopic (exact) mass is 455 g/mol. The lowest BCUT2D eigenvalue weighted by molar-refractivity contribution is -0.119. The second-order valence-corrected chi connectivity index (χ2v) is 8.93. The summed E-state index contributed by atoms with van der Waals surface area (Å²) in [6.07, 6.45) is 1.12. The minimum absolute atomic E-state index is 0.211. The number of hydrogen-bond acceptors (Lipinski definition) is 5. The van der Waals surface area contributed by atoms with Crippen LogP contribution in [0.15, 0.2) is 72.8 Å². The van der Waals surface area contributed by atoms with Gasteiger partial charge < -0.3 is 5.32 Å². The summed E-state index contributed by atoms with van der Waals surface area (Å²) in [6, 6.07) is 21.0. The van der Waals surface area contributed by atoms with Crippen molar-refractivity contribution in [3.63, 3.8) is 0 Å². The normalized spacial score (nSPS) is 13.9. The molecule has 3 aromatic carbocycles. The molecule has 6 nitrogen and oxygen atoms in total. The van der Waals surface area contributed by atoms with Gasteiger partial charge in [0.25, 0.3) is 11.8 Å². The van der Waals surface area contributed by atoms with Crippen molar-refractivity contribution in [1.82, 2.24) is 9.88 Å². The number of hydrogen-bond donors (Lipinski definition) is 1. The second kappa shape index (κ2) is 8.60. The number of rotatable bonds is 6. The number of carbonyl (C=O) groups is 3. The van der Waals surface area contributed by atoms with Crippen LogP contribution in [0.25, 0.3) is 10.2 Å². The molecule has 2 heterocycles. The maximum atomic E-state index is 13.5. The Morgan fingerprint density at radius 1 is 0.939 bits per heavy atom. The van der Waals surface area contributed by atoms with Crippen LogP contribution < -0.4 is 5.32 Å². The molecule has 0 aliphatic carbocycles. The van der Waals surface area contributed by atoms with Gasteiger partial charge in [0.2, 0.25) is 5.91 Å². The maximum absolute atomic E-state index is 13.5. The van der Waals surface area contributed by atoms with Crippen LogP contribution in [0.4, 0.5) is 5.13 Å². The molecule has 0 bridgehead atoms. The van der Waals surface area contributed by atoms with E-state index >= 15 is 0 Å². The number of thiazole rings is 1. The molecule has 1 aliphatic heterocycles. The van der Waals surface area contributed by atoms with Crippen molar-refractivity contribution in [2.45, 2.75) is 25.8 Å². The number of anilines is 1. The Balaban J connectivity index is 1.47. The van der Waals surface area contributed by atoms with Gasteiger partial charge in [-0.3, -0.25) is 19.3 Å². The molecule has 164 valence electrons. The van der Waals surface area contributed by atoms with Crippen molar-refractivity contribution in [2.75, 3.05) is 5.32 Å². The third-order valence-corrected chi connectivity index (χ3v) is 6.74. The SMILES string of the molecule is CCc1ccc2nc(NC(=O)C(Cc3ccccc3)N3C(=O)c4ccccc4C3=O)sc2c1. The quantitative estimate of drug-likeness (QED) is 0.427. The molecule has 1 aliphatic rings. The van der Waals surface area contributed by atoms with E-state index in [2.05, 4.69) is 23.3 Å². The Bertz CT molecular complexity index is 1350. The van der Waals surface area contributed by atoms with E-state index in [1.54, 1.807) is 24.3 Å². The predicted octanol–water partition coefficient (Wildman–Crippen LogP) is 4.70. The lowest BCUT2D eigenvalue weighted by Gasteiger charge is -2.25. The highest BCUT2D eigenvalue weighted by atomic mass is 32.1. The zero-order valence-electron chi connectivity index (χ0n) is 17.9. The molecular weight excluding hydrogens is 434 g/mol. The van der Waals surface area contributed by atoms with Gasteiger partial charge in [-0.1, -0.05) is 66.8 Å². The molecule has 1 aromatic heterocycles. The molecule has 5 rings (SSSR count). The van der Waals surface area contributed by atoms with Gasteiger partial charge in [-0.25, -0.2) is 4.98 Å². The van der Waals surface area contributed by atoms with Crippen LogP contribution in [0.2, 0.25) is 0 Å². The van der Waals surface area contributed by atoms with Crippen LogP contribution >= 0.6 is 11.3 Å².